The Morgan fingerprint density at radius 3 is 2.20 bits per heavy atom. The quantitative estimate of drug-likeness (QED) is 0.804. The van der Waals surface area contributed by atoms with Crippen molar-refractivity contribution in [3.05, 3.63) is 41.7 Å². The van der Waals surface area contributed by atoms with E-state index in [4.69, 9.17) is 14.2 Å². The Balaban J connectivity index is 2.07. The summed E-state index contributed by atoms with van der Waals surface area (Å²) < 4.78 is 28.8. The summed E-state index contributed by atoms with van der Waals surface area (Å²) in [4.78, 5) is 12.2. The maximum atomic E-state index is 13.1. The maximum Gasteiger partial charge on any atom is 0.243 e. The molecule has 0 unspecified atom stereocenters. The molecule has 6 nitrogen and oxygen atoms in total. The van der Waals surface area contributed by atoms with Gasteiger partial charge in [0.05, 0.1) is 27.9 Å². The van der Waals surface area contributed by atoms with Crippen LogP contribution in [-0.4, -0.2) is 33.8 Å². The van der Waals surface area contributed by atoms with Gasteiger partial charge in [-0.05, 0) is 30.7 Å². The number of hydrogen-bond acceptors (Lipinski definition) is 5. The summed E-state index contributed by atoms with van der Waals surface area (Å²) in [5.41, 5.74) is 1.93. The minimum atomic E-state index is -0.315. The second-order valence-corrected chi connectivity index (χ2v) is 5.27. The molecule has 0 saturated carbocycles. The maximum absolute atomic E-state index is 13.1. The highest BCUT2D eigenvalue weighted by Gasteiger charge is 2.14. The minimum Gasteiger partial charge on any atom is -0.493 e. The number of nitrogens with one attached hydrogen (secondary N) is 2. The summed E-state index contributed by atoms with van der Waals surface area (Å²) in [5, 5.41) is 5.73. The van der Waals surface area contributed by atoms with Crippen molar-refractivity contribution in [1.29, 1.82) is 0 Å². The number of ether oxygens (including phenoxy) is 3. The molecular formula is C18H21FN2O4. The van der Waals surface area contributed by atoms with Crippen molar-refractivity contribution in [2.75, 3.05) is 38.5 Å². The number of amides is 1. The van der Waals surface area contributed by atoms with Crippen molar-refractivity contribution in [3.8, 4) is 17.2 Å². The van der Waals surface area contributed by atoms with E-state index in [1.54, 1.807) is 25.1 Å². The van der Waals surface area contributed by atoms with E-state index in [-0.39, 0.29) is 18.3 Å². The van der Waals surface area contributed by atoms with Gasteiger partial charge in [-0.15, -0.1) is 0 Å². The second-order valence-electron chi connectivity index (χ2n) is 5.27. The Bertz CT molecular complexity index is 740. The third-order valence-corrected chi connectivity index (χ3v) is 3.58. The first kappa shape index (κ1) is 18.4. The third-order valence-electron chi connectivity index (χ3n) is 3.58. The van der Waals surface area contributed by atoms with E-state index in [0.29, 0.717) is 28.6 Å². The van der Waals surface area contributed by atoms with Crippen LogP contribution in [0, 0.1) is 12.7 Å². The summed E-state index contributed by atoms with van der Waals surface area (Å²) >= 11 is 0. The van der Waals surface area contributed by atoms with E-state index < -0.39 is 0 Å². The van der Waals surface area contributed by atoms with Crippen molar-refractivity contribution in [1.82, 2.24) is 0 Å². The molecule has 0 fully saturated rings. The zero-order valence-corrected chi connectivity index (χ0v) is 14.6. The molecule has 0 radical (unpaired) electrons. The molecule has 0 aliphatic rings. The predicted molar refractivity (Wildman–Crippen MR) is 94.4 cm³/mol. The monoisotopic (exact) mass is 348 g/mol. The van der Waals surface area contributed by atoms with Gasteiger partial charge in [-0.1, -0.05) is 0 Å². The third kappa shape index (κ3) is 4.53. The van der Waals surface area contributed by atoms with Crippen LogP contribution in [-0.2, 0) is 4.79 Å². The molecule has 2 aromatic rings. The van der Waals surface area contributed by atoms with Gasteiger partial charge in [-0.3, -0.25) is 4.79 Å². The molecule has 25 heavy (non-hydrogen) atoms. The van der Waals surface area contributed by atoms with Gasteiger partial charge in [0.25, 0.3) is 0 Å². The number of rotatable bonds is 7. The zero-order valence-electron chi connectivity index (χ0n) is 14.6. The highest BCUT2D eigenvalue weighted by Crippen LogP contribution is 2.39. The standard InChI is InChI=1S/C18H21FN2O4/c1-11-7-12(19)5-6-14(11)20-10-17(22)21-13-8-15(23-2)18(25-4)16(9-13)24-3/h5-9,20H,10H2,1-4H3,(H,21,22). The second kappa shape index (κ2) is 8.23. The van der Waals surface area contributed by atoms with Crippen LogP contribution in [0.5, 0.6) is 17.2 Å². The minimum absolute atomic E-state index is 0.0309. The molecule has 0 aliphatic carbocycles. The van der Waals surface area contributed by atoms with E-state index in [1.807, 2.05) is 0 Å². The number of carbonyl (C=O) groups is 1. The fourth-order valence-corrected chi connectivity index (χ4v) is 2.36. The average molecular weight is 348 g/mol. The Hall–Kier alpha value is -2.96. The summed E-state index contributed by atoms with van der Waals surface area (Å²) in [6, 6.07) is 7.62. The SMILES string of the molecule is COc1cc(NC(=O)CNc2ccc(F)cc2C)cc(OC)c1OC. The van der Waals surface area contributed by atoms with Crippen LogP contribution < -0.4 is 24.8 Å². The van der Waals surface area contributed by atoms with Gasteiger partial charge in [-0.2, -0.15) is 0 Å². The van der Waals surface area contributed by atoms with Gasteiger partial charge >= 0.3 is 0 Å². The Morgan fingerprint density at radius 1 is 1.04 bits per heavy atom. The van der Waals surface area contributed by atoms with Crippen LogP contribution in [0.15, 0.2) is 30.3 Å². The number of hydrogen-bond donors (Lipinski definition) is 2. The van der Waals surface area contributed by atoms with Crippen molar-refractivity contribution >= 4 is 17.3 Å². The first-order valence-electron chi connectivity index (χ1n) is 7.58. The highest BCUT2D eigenvalue weighted by atomic mass is 19.1. The van der Waals surface area contributed by atoms with Crippen molar-refractivity contribution in [2.24, 2.45) is 0 Å². The van der Waals surface area contributed by atoms with Gasteiger partial charge in [0.2, 0.25) is 11.7 Å². The van der Waals surface area contributed by atoms with Crippen LogP contribution in [0.3, 0.4) is 0 Å². The van der Waals surface area contributed by atoms with E-state index in [1.165, 1.54) is 33.5 Å². The van der Waals surface area contributed by atoms with Gasteiger partial charge < -0.3 is 24.8 Å². The Labute approximate surface area is 145 Å². The molecule has 134 valence electrons. The summed E-state index contributed by atoms with van der Waals surface area (Å²) in [6.45, 7) is 1.80. The van der Waals surface area contributed by atoms with Gasteiger partial charge in [0, 0.05) is 23.5 Å². The molecule has 0 atom stereocenters. The van der Waals surface area contributed by atoms with E-state index >= 15 is 0 Å². The first-order valence-corrected chi connectivity index (χ1v) is 7.58. The molecule has 0 heterocycles. The molecule has 0 bridgehead atoms. The largest absolute Gasteiger partial charge is 0.493 e. The molecule has 0 saturated heterocycles. The predicted octanol–water partition coefficient (Wildman–Crippen LogP) is 3.21. The molecule has 7 heteroatoms. The molecule has 0 aromatic heterocycles. The molecule has 1 amide bonds. The first-order chi connectivity index (χ1) is 12.0. The molecular weight excluding hydrogens is 327 g/mol. The van der Waals surface area contributed by atoms with Crippen LogP contribution >= 0.6 is 0 Å². The number of aryl methyl sites for hydroxylation is 1. The lowest BCUT2D eigenvalue weighted by Gasteiger charge is -2.15. The Morgan fingerprint density at radius 2 is 1.68 bits per heavy atom. The van der Waals surface area contributed by atoms with Crippen LogP contribution in [0.1, 0.15) is 5.56 Å². The lowest BCUT2D eigenvalue weighted by molar-refractivity contribution is -0.114. The average Bonchev–Trinajstić information content (AvgIpc) is 2.60. The summed E-state index contributed by atoms with van der Waals surface area (Å²) in [6.07, 6.45) is 0. The normalized spacial score (nSPS) is 10.1. The number of anilines is 2. The van der Waals surface area contributed by atoms with Crippen LogP contribution in [0.4, 0.5) is 15.8 Å². The van der Waals surface area contributed by atoms with E-state index in [2.05, 4.69) is 10.6 Å². The zero-order chi connectivity index (χ0) is 18.4. The van der Waals surface area contributed by atoms with Gasteiger partial charge in [0.1, 0.15) is 5.82 Å². The van der Waals surface area contributed by atoms with Gasteiger partial charge in [-0.25, -0.2) is 4.39 Å². The highest BCUT2D eigenvalue weighted by molar-refractivity contribution is 5.94. The fraction of sp³-hybridized carbons (Fsp3) is 0.278. The molecule has 2 aromatic carbocycles. The molecule has 2 N–H and O–H groups in total. The van der Waals surface area contributed by atoms with Gasteiger partial charge in [0.15, 0.2) is 11.5 Å². The van der Waals surface area contributed by atoms with Crippen molar-refractivity contribution in [3.63, 3.8) is 0 Å². The lowest BCUT2D eigenvalue weighted by Crippen LogP contribution is -2.22. The molecule has 2 rings (SSSR count). The van der Waals surface area contributed by atoms with Crippen molar-refractivity contribution in [2.45, 2.75) is 6.92 Å². The number of benzene rings is 2. The van der Waals surface area contributed by atoms with E-state index in [0.717, 1.165) is 5.56 Å². The fourth-order valence-electron chi connectivity index (χ4n) is 2.36. The lowest BCUT2D eigenvalue weighted by atomic mass is 10.2. The smallest absolute Gasteiger partial charge is 0.243 e. The summed E-state index contributed by atoms with van der Waals surface area (Å²) in [7, 11) is 4.51. The van der Waals surface area contributed by atoms with E-state index in [9.17, 15) is 9.18 Å². The Kier molecular flexibility index (Phi) is 6.05. The molecule has 0 spiro atoms. The van der Waals surface area contributed by atoms with Crippen LogP contribution in [0.25, 0.3) is 0 Å². The van der Waals surface area contributed by atoms with Crippen molar-refractivity contribution < 1.29 is 23.4 Å². The number of halogens is 1. The summed E-state index contributed by atoms with van der Waals surface area (Å²) in [5.74, 6) is 0.755. The number of methoxy groups -OCH3 is 3. The number of carbonyl (C=O) groups excluding carboxylic acids is 1. The van der Waals surface area contributed by atoms with Crippen LogP contribution in [0.2, 0.25) is 0 Å². The topological polar surface area (TPSA) is 68.8 Å². The molecule has 0 aliphatic heterocycles.